The lowest BCUT2D eigenvalue weighted by Gasteiger charge is -2.10. The number of thiophene rings is 1. The molecule has 0 unspecified atom stereocenters. The van der Waals surface area contributed by atoms with Gasteiger partial charge in [0.1, 0.15) is 5.82 Å². The molecule has 1 aromatic carbocycles. The Morgan fingerprint density at radius 2 is 2.05 bits per heavy atom. The third-order valence-electron chi connectivity index (χ3n) is 3.04. The van der Waals surface area contributed by atoms with E-state index in [1.54, 1.807) is 29.5 Å². The molecule has 2 aromatic heterocycles. The number of aromatic nitrogens is 2. The standard InChI is InChI=1S/C15H12FN3OS2/c1-9(12-7-4-8-21-12)17-13(20)15-19-18-14(22-15)10-5-2-3-6-11(10)16/h2-9H,1H3,(H,17,20)/t9-/m0/s1. The lowest BCUT2D eigenvalue weighted by molar-refractivity contribution is 0.0939. The molecule has 7 heteroatoms. The highest BCUT2D eigenvalue weighted by molar-refractivity contribution is 7.16. The molecule has 112 valence electrons. The molecule has 1 amide bonds. The number of carbonyl (C=O) groups is 1. The van der Waals surface area contributed by atoms with Gasteiger partial charge in [0.2, 0.25) is 5.01 Å². The van der Waals surface area contributed by atoms with E-state index in [0.29, 0.717) is 10.6 Å². The smallest absolute Gasteiger partial charge is 0.282 e. The van der Waals surface area contributed by atoms with Crippen LogP contribution in [0.3, 0.4) is 0 Å². The molecule has 3 aromatic rings. The Hall–Kier alpha value is -2.12. The third-order valence-corrected chi connectivity index (χ3v) is 5.05. The van der Waals surface area contributed by atoms with Gasteiger partial charge in [0.05, 0.1) is 6.04 Å². The van der Waals surface area contributed by atoms with Gasteiger partial charge in [-0.05, 0) is 30.5 Å². The van der Waals surface area contributed by atoms with Crippen LogP contribution in [0.1, 0.15) is 27.6 Å². The lowest BCUT2D eigenvalue weighted by Crippen LogP contribution is -2.25. The molecule has 2 heterocycles. The van der Waals surface area contributed by atoms with Gasteiger partial charge < -0.3 is 5.32 Å². The van der Waals surface area contributed by atoms with Gasteiger partial charge in [-0.1, -0.05) is 29.5 Å². The topological polar surface area (TPSA) is 54.9 Å². The fourth-order valence-corrected chi connectivity index (χ4v) is 3.43. The van der Waals surface area contributed by atoms with E-state index in [0.717, 1.165) is 16.2 Å². The van der Waals surface area contributed by atoms with Gasteiger partial charge in [0, 0.05) is 10.4 Å². The molecular weight excluding hydrogens is 321 g/mol. The number of carbonyl (C=O) groups excluding carboxylic acids is 1. The molecule has 0 saturated heterocycles. The van der Waals surface area contributed by atoms with Crippen molar-refractivity contribution < 1.29 is 9.18 Å². The Kier molecular flexibility index (Phi) is 4.26. The van der Waals surface area contributed by atoms with E-state index >= 15 is 0 Å². The van der Waals surface area contributed by atoms with Crippen LogP contribution in [0.2, 0.25) is 0 Å². The fourth-order valence-electron chi connectivity index (χ4n) is 1.93. The van der Waals surface area contributed by atoms with Crippen molar-refractivity contribution in [3.05, 3.63) is 57.5 Å². The first-order valence-corrected chi connectivity index (χ1v) is 8.27. The first-order valence-electron chi connectivity index (χ1n) is 6.58. The van der Waals surface area contributed by atoms with Gasteiger partial charge in [0.15, 0.2) is 5.01 Å². The maximum Gasteiger partial charge on any atom is 0.282 e. The summed E-state index contributed by atoms with van der Waals surface area (Å²) in [6.07, 6.45) is 0. The summed E-state index contributed by atoms with van der Waals surface area (Å²) in [7, 11) is 0. The SMILES string of the molecule is C[C@H](NC(=O)c1nnc(-c2ccccc2F)s1)c1cccs1. The Balaban J connectivity index is 1.76. The minimum absolute atomic E-state index is 0.103. The minimum Gasteiger partial charge on any atom is -0.343 e. The quantitative estimate of drug-likeness (QED) is 0.788. The van der Waals surface area contributed by atoms with Gasteiger partial charge in [-0.2, -0.15) is 0 Å². The van der Waals surface area contributed by atoms with Crippen molar-refractivity contribution in [3.63, 3.8) is 0 Å². The summed E-state index contributed by atoms with van der Waals surface area (Å²) in [5.41, 5.74) is 0.352. The van der Waals surface area contributed by atoms with E-state index in [1.807, 2.05) is 24.4 Å². The van der Waals surface area contributed by atoms with Crippen LogP contribution in [-0.4, -0.2) is 16.1 Å². The Morgan fingerprint density at radius 1 is 1.23 bits per heavy atom. The summed E-state index contributed by atoms with van der Waals surface area (Å²) in [4.78, 5) is 13.2. The van der Waals surface area contributed by atoms with E-state index in [4.69, 9.17) is 0 Å². The van der Waals surface area contributed by atoms with Crippen LogP contribution >= 0.6 is 22.7 Å². The minimum atomic E-state index is -0.377. The molecule has 4 nitrogen and oxygen atoms in total. The lowest BCUT2D eigenvalue weighted by atomic mass is 10.2. The molecule has 0 aliphatic carbocycles. The summed E-state index contributed by atoms with van der Waals surface area (Å²) in [5, 5.41) is 13.2. The average Bonchev–Trinajstić information content (AvgIpc) is 3.19. The molecule has 0 fully saturated rings. The zero-order valence-corrected chi connectivity index (χ0v) is 13.2. The summed E-state index contributed by atoms with van der Waals surface area (Å²) in [6.45, 7) is 1.91. The van der Waals surface area contributed by atoms with E-state index in [2.05, 4.69) is 15.5 Å². The van der Waals surface area contributed by atoms with Crippen LogP contribution in [0, 0.1) is 5.82 Å². The Bertz CT molecular complexity index is 786. The average molecular weight is 333 g/mol. The molecular formula is C15H12FN3OS2. The van der Waals surface area contributed by atoms with E-state index in [-0.39, 0.29) is 22.8 Å². The summed E-state index contributed by atoms with van der Waals surface area (Å²) in [5.74, 6) is -0.682. The number of benzene rings is 1. The van der Waals surface area contributed by atoms with Crippen LogP contribution in [0.25, 0.3) is 10.6 Å². The predicted octanol–water partition coefficient (Wildman–Crippen LogP) is 3.90. The van der Waals surface area contributed by atoms with Crippen LogP contribution in [-0.2, 0) is 0 Å². The van der Waals surface area contributed by atoms with Crippen LogP contribution in [0.5, 0.6) is 0 Å². The summed E-state index contributed by atoms with van der Waals surface area (Å²) < 4.78 is 13.7. The number of hydrogen-bond acceptors (Lipinski definition) is 5. The number of rotatable bonds is 4. The maximum absolute atomic E-state index is 13.7. The molecule has 0 spiro atoms. The molecule has 1 N–H and O–H groups in total. The van der Waals surface area contributed by atoms with Crippen molar-refractivity contribution in [1.82, 2.24) is 15.5 Å². The van der Waals surface area contributed by atoms with Crippen LogP contribution < -0.4 is 5.32 Å². The van der Waals surface area contributed by atoms with E-state index in [9.17, 15) is 9.18 Å². The second kappa shape index (κ2) is 6.33. The number of nitrogens with zero attached hydrogens (tertiary/aromatic N) is 2. The highest BCUT2D eigenvalue weighted by atomic mass is 32.1. The molecule has 0 aliphatic heterocycles. The first kappa shape index (κ1) is 14.8. The predicted molar refractivity (Wildman–Crippen MR) is 85.5 cm³/mol. The number of hydrogen-bond donors (Lipinski definition) is 1. The molecule has 3 rings (SSSR count). The van der Waals surface area contributed by atoms with Crippen molar-refractivity contribution in [1.29, 1.82) is 0 Å². The van der Waals surface area contributed by atoms with Crippen molar-refractivity contribution in [2.24, 2.45) is 0 Å². The van der Waals surface area contributed by atoms with Crippen molar-refractivity contribution in [2.45, 2.75) is 13.0 Å². The van der Waals surface area contributed by atoms with Crippen molar-refractivity contribution in [2.75, 3.05) is 0 Å². The van der Waals surface area contributed by atoms with Crippen LogP contribution in [0.15, 0.2) is 41.8 Å². The van der Waals surface area contributed by atoms with Gasteiger partial charge in [-0.3, -0.25) is 4.79 Å². The molecule has 0 saturated carbocycles. The summed E-state index contributed by atoms with van der Waals surface area (Å²) in [6, 6.07) is 10.1. The largest absolute Gasteiger partial charge is 0.343 e. The zero-order chi connectivity index (χ0) is 15.5. The van der Waals surface area contributed by atoms with E-state index in [1.165, 1.54) is 6.07 Å². The summed E-state index contributed by atoms with van der Waals surface area (Å²) >= 11 is 2.65. The molecule has 0 radical (unpaired) electrons. The second-order valence-electron chi connectivity index (χ2n) is 4.60. The third kappa shape index (κ3) is 3.05. The Labute approximate surface area is 134 Å². The highest BCUT2D eigenvalue weighted by Crippen LogP contribution is 2.26. The normalized spacial score (nSPS) is 12.1. The molecule has 1 atom stereocenters. The number of halogens is 1. The molecule has 0 bridgehead atoms. The van der Waals surface area contributed by atoms with Crippen molar-refractivity contribution >= 4 is 28.6 Å². The van der Waals surface area contributed by atoms with Gasteiger partial charge in [-0.15, -0.1) is 21.5 Å². The second-order valence-corrected chi connectivity index (χ2v) is 6.56. The maximum atomic E-state index is 13.7. The van der Waals surface area contributed by atoms with Gasteiger partial charge >= 0.3 is 0 Å². The van der Waals surface area contributed by atoms with E-state index < -0.39 is 0 Å². The number of nitrogens with one attached hydrogen (secondary N) is 1. The van der Waals surface area contributed by atoms with Gasteiger partial charge in [-0.25, -0.2) is 4.39 Å². The Morgan fingerprint density at radius 3 is 2.77 bits per heavy atom. The number of amides is 1. The fraction of sp³-hybridized carbons (Fsp3) is 0.133. The first-order chi connectivity index (χ1) is 10.6. The highest BCUT2D eigenvalue weighted by Gasteiger charge is 2.18. The van der Waals surface area contributed by atoms with Gasteiger partial charge in [0.25, 0.3) is 5.91 Å². The zero-order valence-electron chi connectivity index (χ0n) is 11.6. The monoisotopic (exact) mass is 333 g/mol. The van der Waals surface area contributed by atoms with Crippen LogP contribution in [0.4, 0.5) is 4.39 Å². The molecule has 0 aliphatic rings. The van der Waals surface area contributed by atoms with Crippen molar-refractivity contribution in [3.8, 4) is 10.6 Å². The molecule has 22 heavy (non-hydrogen) atoms.